The highest BCUT2D eigenvalue weighted by Crippen LogP contribution is 2.59. The van der Waals surface area contributed by atoms with Gasteiger partial charge in [0.1, 0.15) is 0 Å². The molecule has 1 unspecified atom stereocenters. The van der Waals surface area contributed by atoms with Crippen LogP contribution in [0.4, 0.5) is 11.4 Å². The average molecular weight is 586 g/mol. The second kappa shape index (κ2) is 11.4. The SMILES string of the molecule is OB(O)c1ccc(N(C2=CC3=C(CC2)c2ccccc2C3(C2=CCCC=C2)c2ccccc2)c2cccc3c2C=CCC3)cc1. The fourth-order valence-corrected chi connectivity index (χ4v) is 7.99. The lowest BCUT2D eigenvalue weighted by molar-refractivity contribution is 0.426. The largest absolute Gasteiger partial charge is 0.488 e. The van der Waals surface area contributed by atoms with Gasteiger partial charge in [-0.2, -0.15) is 0 Å². The lowest BCUT2D eigenvalue weighted by Crippen LogP contribution is -2.32. The Morgan fingerprint density at radius 2 is 1.49 bits per heavy atom. The van der Waals surface area contributed by atoms with Crippen LogP contribution in [0.5, 0.6) is 0 Å². The zero-order chi connectivity index (χ0) is 30.4. The number of fused-ring (bicyclic) bond motifs is 3. The number of aryl methyl sites for hydroxylation is 1. The summed E-state index contributed by atoms with van der Waals surface area (Å²) in [5, 5.41) is 19.7. The smallest absolute Gasteiger partial charge is 0.423 e. The van der Waals surface area contributed by atoms with E-state index in [-0.39, 0.29) is 0 Å². The molecule has 2 N–H and O–H groups in total. The van der Waals surface area contributed by atoms with Gasteiger partial charge in [-0.1, -0.05) is 109 Å². The summed E-state index contributed by atoms with van der Waals surface area (Å²) in [4.78, 5) is 2.41. The zero-order valence-corrected chi connectivity index (χ0v) is 25.4. The Hall–Kier alpha value is -4.64. The fraction of sp³-hybridized carbons (Fsp3) is 0.171. The molecular weight excluding hydrogens is 549 g/mol. The Balaban J connectivity index is 1.38. The number of nitrogens with zero attached hydrogens (tertiary/aromatic N) is 1. The van der Waals surface area contributed by atoms with E-state index in [0.717, 1.165) is 49.9 Å². The van der Waals surface area contributed by atoms with Crippen LogP contribution in [0.1, 0.15) is 59.9 Å². The van der Waals surface area contributed by atoms with Crippen molar-refractivity contribution in [1.29, 1.82) is 0 Å². The van der Waals surface area contributed by atoms with Gasteiger partial charge in [-0.05, 0) is 107 Å². The normalized spacial score (nSPS) is 19.8. The van der Waals surface area contributed by atoms with Gasteiger partial charge in [0.25, 0.3) is 0 Å². The Labute approximate surface area is 266 Å². The highest BCUT2D eigenvalue weighted by atomic mass is 16.4. The molecule has 0 saturated carbocycles. The lowest BCUT2D eigenvalue weighted by Gasteiger charge is -2.39. The summed E-state index contributed by atoms with van der Waals surface area (Å²) in [5.41, 5.74) is 14.3. The topological polar surface area (TPSA) is 43.7 Å². The molecule has 3 nitrogen and oxygen atoms in total. The fourth-order valence-electron chi connectivity index (χ4n) is 7.99. The van der Waals surface area contributed by atoms with Crippen LogP contribution in [0.25, 0.3) is 11.6 Å². The first-order valence-electron chi connectivity index (χ1n) is 16.2. The van der Waals surface area contributed by atoms with Crippen molar-refractivity contribution in [3.05, 3.63) is 172 Å². The molecule has 0 radical (unpaired) electrons. The average Bonchev–Trinajstić information content (AvgIpc) is 3.40. The molecule has 220 valence electrons. The highest BCUT2D eigenvalue weighted by molar-refractivity contribution is 6.58. The Bertz CT molecular complexity index is 1930. The van der Waals surface area contributed by atoms with E-state index in [0.29, 0.717) is 5.46 Å². The van der Waals surface area contributed by atoms with Crippen LogP contribution in [0.15, 0.2) is 144 Å². The predicted molar refractivity (Wildman–Crippen MR) is 187 cm³/mol. The molecule has 0 aromatic heterocycles. The van der Waals surface area contributed by atoms with Crippen molar-refractivity contribution in [2.24, 2.45) is 0 Å². The van der Waals surface area contributed by atoms with Crippen molar-refractivity contribution in [2.45, 2.75) is 43.9 Å². The van der Waals surface area contributed by atoms with Crippen LogP contribution in [0, 0.1) is 0 Å². The van der Waals surface area contributed by atoms with E-state index in [4.69, 9.17) is 0 Å². The third-order valence-corrected chi connectivity index (χ3v) is 9.98. The quantitative estimate of drug-likeness (QED) is 0.225. The van der Waals surface area contributed by atoms with Gasteiger partial charge in [0, 0.05) is 16.9 Å². The Kier molecular flexibility index (Phi) is 7.05. The van der Waals surface area contributed by atoms with Crippen LogP contribution < -0.4 is 10.4 Å². The van der Waals surface area contributed by atoms with Crippen LogP contribution in [-0.4, -0.2) is 17.2 Å². The number of hydrogen-bond acceptors (Lipinski definition) is 3. The van der Waals surface area contributed by atoms with Gasteiger partial charge in [-0.15, -0.1) is 0 Å². The van der Waals surface area contributed by atoms with Crippen molar-refractivity contribution in [3.63, 3.8) is 0 Å². The van der Waals surface area contributed by atoms with E-state index >= 15 is 0 Å². The second-order valence-corrected chi connectivity index (χ2v) is 12.4. The molecule has 0 aliphatic heterocycles. The van der Waals surface area contributed by atoms with Crippen molar-refractivity contribution in [1.82, 2.24) is 0 Å². The monoisotopic (exact) mass is 585 g/mol. The van der Waals surface area contributed by atoms with E-state index in [1.165, 1.54) is 50.2 Å². The standard InChI is InChI=1S/C41H36BNO2/c44-42(45)32-22-24-33(25-23-32)43(40-21-11-13-29-12-7-8-18-35(29)40)34-26-27-37-36-19-9-10-20-38(36)41(39(37)28-34,30-14-3-1-4-15-30)31-16-5-2-6-17-31/h1,3-5,8-11,13-25,28,44-45H,2,6-7,12,26-27H2. The Morgan fingerprint density at radius 3 is 2.29 bits per heavy atom. The summed E-state index contributed by atoms with van der Waals surface area (Å²) < 4.78 is 0. The third kappa shape index (κ3) is 4.51. The van der Waals surface area contributed by atoms with Crippen molar-refractivity contribution >= 4 is 35.6 Å². The highest BCUT2D eigenvalue weighted by Gasteiger charge is 2.48. The minimum Gasteiger partial charge on any atom is -0.423 e. The first-order valence-corrected chi connectivity index (χ1v) is 16.2. The number of hydrogen-bond donors (Lipinski definition) is 2. The summed E-state index contributed by atoms with van der Waals surface area (Å²) in [6.45, 7) is 0. The molecule has 0 saturated heterocycles. The summed E-state index contributed by atoms with van der Waals surface area (Å²) in [5.74, 6) is 0. The van der Waals surface area contributed by atoms with Crippen LogP contribution in [0.2, 0.25) is 0 Å². The molecular formula is C41H36BNO2. The summed E-state index contributed by atoms with van der Waals surface area (Å²) in [7, 11) is -1.50. The summed E-state index contributed by atoms with van der Waals surface area (Å²) in [6, 6.07) is 34.4. The van der Waals surface area contributed by atoms with E-state index in [1.807, 2.05) is 24.3 Å². The molecule has 0 amide bonds. The molecule has 4 aliphatic rings. The minimum absolute atomic E-state index is 0.400. The molecule has 0 bridgehead atoms. The lowest BCUT2D eigenvalue weighted by atomic mass is 9.64. The molecule has 45 heavy (non-hydrogen) atoms. The maximum Gasteiger partial charge on any atom is 0.488 e. The predicted octanol–water partition coefficient (Wildman–Crippen LogP) is 8.17. The molecule has 8 rings (SSSR count). The van der Waals surface area contributed by atoms with Crippen molar-refractivity contribution < 1.29 is 10.0 Å². The van der Waals surface area contributed by atoms with E-state index < -0.39 is 12.5 Å². The molecule has 4 aromatic carbocycles. The van der Waals surface area contributed by atoms with Gasteiger partial charge < -0.3 is 14.9 Å². The first kappa shape index (κ1) is 27.9. The molecule has 4 heteroatoms. The summed E-state index contributed by atoms with van der Waals surface area (Å²) in [6.07, 6.45) is 20.2. The van der Waals surface area contributed by atoms with Crippen molar-refractivity contribution in [2.75, 3.05) is 4.90 Å². The Morgan fingerprint density at radius 1 is 0.689 bits per heavy atom. The maximum absolute atomic E-state index is 9.86. The molecule has 0 heterocycles. The number of benzene rings is 4. The van der Waals surface area contributed by atoms with Crippen molar-refractivity contribution in [3.8, 4) is 0 Å². The van der Waals surface area contributed by atoms with Gasteiger partial charge in [0.2, 0.25) is 0 Å². The van der Waals surface area contributed by atoms with E-state index in [9.17, 15) is 10.0 Å². The number of allylic oxidation sites excluding steroid dienone is 9. The molecule has 1 atom stereocenters. The summed E-state index contributed by atoms with van der Waals surface area (Å²) >= 11 is 0. The maximum atomic E-state index is 9.86. The molecule has 4 aliphatic carbocycles. The minimum atomic E-state index is -1.50. The molecule has 0 spiro atoms. The third-order valence-electron chi connectivity index (χ3n) is 9.98. The molecule has 4 aromatic rings. The second-order valence-electron chi connectivity index (χ2n) is 12.4. The van der Waals surface area contributed by atoms with Gasteiger partial charge in [0.05, 0.1) is 11.1 Å². The molecule has 0 fully saturated rings. The van der Waals surface area contributed by atoms with Crippen LogP contribution in [0.3, 0.4) is 0 Å². The zero-order valence-electron chi connectivity index (χ0n) is 25.4. The van der Waals surface area contributed by atoms with Gasteiger partial charge in [-0.25, -0.2) is 0 Å². The number of anilines is 2. The van der Waals surface area contributed by atoms with E-state index in [1.54, 1.807) is 0 Å². The van der Waals surface area contributed by atoms with Gasteiger partial charge >= 0.3 is 7.12 Å². The van der Waals surface area contributed by atoms with Crippen LogP contribution >= 0.6 is 0 Å². The van der Waals surface area contributed by atoms with Crippen LogP contribution in [-0.2, 0) is 11.8 Å². The van der Waals surface area contributed by atoms with E-state index in [2.05, 4.69) is 114 Å². The van der Waals surface area contributed by atoms with Gasteiger partial charge in [0.15, 0.2) is 0 Å². The first-order chi connectivity index (χ1) is 22.2. The number of rotatable bonds is 6. The van der Waals surface area contributed by atoms with Gasteiger partial charge in [-0.3, -0.25) is 0 Å².